The van der Waals surface area contributed by atoms with Gasteiger partial charge in [0.2, 0.25) is 18.2 Å². The Bertz CT molecular complexity index is 608. The van der Waals surface area contributed by atoms with E-state index >= 15 is 0 Å². The minimum atomic E-state index is -0.248. The lowest BCUT2D eigenvalue weighted by Gasteiger charge is -2.30. The van der Waals surface area contributed by atoms with E-state index in [1.807, 2.05) is 19.9 Å². The molecule has 0 aromatic carbocycles. The maximum Gasteiger partial charge on any atom is 0.249 e. The smallest absolute Gasteiger partial charge is 0.249 e. The monoisotopic (exact) mass is 349 g/mol. The molecular formula is C18H27N3O4. The molecule has 25 heavy (non-hydrogen) atoms. The minimum Gasteiger partial charge on any atom is -0.467 e. The highest BCUT2D eigenvalue weighted by Crippen LogP contribution is 2.15. The standard InChI is InChI=1S/C18H27N3O4/c1-13(2)16(21(5)17(23)10-19-12-22)9-14(3)18(24)20(4)11-15-7-6-8-25-15/h6-9,12-13,16H,10-11H2,1-5H3,(H,19,22)/t16-/m1/s1. The molecule has 0 saturated heterocycles. The topological polar surface area (TPSA) is 82.9 Å². The van der Waals surface area contributed by atoms with Crippen LogP contribution in [0.2, 0.25) is 0 Å². The Labute approximate surface area is 148 Å². The summed E-state index contributed by atoms with van der Waals surface area (Å²) < 4.78 is 5.26. The number of rotatable bonds is 9. The Balaban J connectivity index is 2.83. The predicted molar refractivity (Wildman–Crippen MR) is 94.4 cm³/mol. The second-order valence-electron chi connectivity index (χ2n) is 6.33. The van der Waals surface area contributed by atoms with Gasteiger partial charge in [-0.15, -0.1) is 0 Å². The fourth-order valence-corrected chi connectivity index (χ4v) is 2.51. The van der Waals surface area contributed by atoms with E-state index in [1.54, 1.807) is 49.2 Å². The third-order valence-corrected chi connectivity index (χ3v) is 3.94. The number of likely N-dealkylation sites (N-methyl/N-ethyl adjacent to an activating group) is 2. The van der Waals surface area contributed by atoms with Crippen LogP contribution in [0.25, 0.3) is 0 Å². The molecule has 1 heterocycles. The molecule has 7 nitrogen and oxygen atoms in total. The SMILES string of the molecule is CC(=C[C@H](C(C)C)N(C)C(=O)CNC=O)C(=O)N(C)Cc1ccco1. The molecular weight excluding hydrogens is 322 g/mol. The van der Waals surface area contributed by atoms with Crippen molar-refractivity contribution in [2.75, 3.05) is 20.6 Å². The van der Waals surface area contributed by atoms with Crippen LogP contribution in [0.4, 0.5) is 0 Å². The molecule has 1 aromatic heterocycles. The zero-order valence-corrected chi connectivity index (χ0v) is 15.5. The molecule has 0 unspecified atom stereocenters. The molecule has 0 saturated carbocycles. The third kappa shape index (κ3) is 6.10. The van der Waals surface area contributed by atoms with E-state index in [2.05, 4.69) is 5.32 Å². The van der Waals surface area contributed by atoms with Gasteiger partial charge in [-0.1, -0.05) is 19.9 Å². The van der Waals surface area contributed by atoms with Gasteiger partial charge in [0.1, 0.15) is 5.76 Å². The van der Waals surface area contributed by atoms with E-state index in [4.69, 9.17) is 4.42 Å². The lowest BCUT2D eigenvalue weighted by Crippen LogP contribution is -2.43. The van der Waals surface area contributed by atoms with E-state index in [0.29, 0.717) is 24.3 Å². The highest BCUT2D eigenvalue weighted by Gasteiger charge is 2.23. The van der Waals surface area contributed by atoms with E-state index < -0.39 is 0 Å². The molecule has 0 aliphatic rings. The van der Waals surface area contributed by atoms with Crippen molar-refractivity contribution in [3.8, 4) is 0 Å². The van der Waals surface area contributed by atoms with E-state index in [-0.39, 0.29) is 30.3 Å². The number of carbonyl (C=O) groups is 3. The van der Waals surface area contributed by atoms with Crippen LogP contribution in [0.15, 0.2) is 34.5 Å². The maximum absolute atomic E-state index is 12.5. The number of nitrogens with zero attached hydrogens (tertiary/aromatic N) is 2. The number of nitrogens with one attached hydrogen (secondary N) is 1. The Morgan fingerprint density at radius 2 is 2.00 bits per heavy atom. The van der Waals surface area contributed by atoms with Gasteiger partial charge in [0, 0.05) is 19.7 Å². The van der Waals surface area contributed by atoms with Crippen LogP contribution in [0.5, 0.6) is 0 Å². The van der Waals surface area contributed by atoms with Gasteiger partial charge in [-0.3, -0.25) is 14.4 Å². The normalized spacial score (nSPS) is 12.6. The van der Waals surface area contributed by atoms with Crippen molar-refractivity contribution < 1.29 is 18.8 Å². The van der Waals surface area contributed by atoms with Crippen molar-refractivity contribution in [1.82, 2.24) is 15.1 Å². The molecule has 1 rings (SSSR count). The van der Waals surface area contributed by atoms with Gasteiger partial charge >= 0.3 is 0 Å². The van der Waals surface area contributed by atoms with Crippen molar-refractivity contribution in [3.63, 3.8) is 0 Å². The summed E-state index contributed by atoms with van der Waals surface area (Å²) in [4.78, 5) is 38.1. The van der Waals surface area contributed by atoms with Gasteiger partial charge in [-0.25, -0.2) is 0 Å². The van der Waals surface area contributed by atoms with Crippen molar-refractivity contribution in [2.45, 2.75) is 33.4 Å². The molecule has 0 fully saturated rings. The first kappa shape index (κ1) is 20.5. The van der Waals surface area contributed by atoms with Gasteiger partial charge in [0.05, 0.1) is 25.4 Å². The lowest BCUT2D eigenvalue weighted by atomic mass is 9.99. The van der Waals surface area contributed by atoms with Gasteiger partial charge in [-0.05, 0) is 25.0 Å². The highest BCUT2D eigenvalue weighted by molar-refractivity contribution is 5.92. The Morgan fingerprint density at radius 1 is 1.32 bits per heavy atom. The largest absolute Gasteiger partial charge is 0.467 e. The van der Waals surface area contributed by atoms with Crippen molar-refractivity contribution in [1.29, 1.82) is 0 Å². The molecule has 1 aromatic rings. The summed E-state index contributed by atoms with van der Waals surface area (Å²) in [5.74, 6) is 0.472. The first-order valence-electron chi connectivity index (χ1n) is 8.16. The van der Waals surface area contributed by atoms with Crippen LogP contribution >= 0.6 is 0 Å². The fraction of sp³-hybridized carbons (Fsp3) is 0.500. The summed E-state index contributed by atoms with van der Waals surface area (Å²) in [5, 5.41) is 2.36. The summed E-state index contributed by atoms with van der Waals surface area (Å²) in [6.07, 6.45) is 3.86. The van der Waals surface area contributed by atoms with Crippen molar-refractivity contribution in [3.05, 3.63) is 35.8 Å². The first-order chi connectivity index (χ1) is 11.8. The van der Waals surface area contributed by atoms with Crippen molar-refractivity contribution in [2.24, 2.45) is 5.92 Å². The molecule has 0 radical (unpaired) electrons. The predicted octanol–water partition coefficient (Wildman–Crippen LogP) is 1.41. The average molecular weight is 349 g/mol. The quantitative estimate of drug-likeness (QED) is 0.540. The lowest BCUT2D eigenvalue weighted by molar-refractivity contribution is -0.132. The molecule has 1 N–H and O–H groups in total. The fourth-order valence-electron chi connectivity index (χ4n) is 2.51. The number of furan rings is 1. The Kier molecular flexibility index (Phi) is 7.91. The van der Waals surface area contributed by atoms with Gasteiger partial charge < -0.3 is 19.5 Å². The number of hydrogen-bond acceptors (Lipinski definition) is 4. The highest BCUT2D eigenvalue weighted by atomic mass is 16.3. The molecule has 0 aliphatic heterocycles. The van der Waals surface area contributed by atoms with E-state index in [1.165, 1.54) is 0 Å². The second-order valence-corrected chi connectivity index (χ2v) is 6.33. The molecule has 7 heteroatoms. The van der Waals surface area contributed by atoms with Crippen LogP contribution in [-0.4, -0.2) is 54.7 Å². The van der Waals surface area contributed by atoms with Crippen LogP contribution < -0.4 is 5.32 Å². The average Bonchev–Trinajstić information content (AvgIpc) is 3.08. The molecule has 0 spiro atoms. The number of amides is 3. The zero-order chi connectivity index (χ0) is 19.0. The minimum absolute atomic E-state index is 0.0670. The summed E-state index contributed by atoms with van der Waals surface area (Å²) in [5.41, 5.74) is 0.552. The number of carbonyl (C=O) groups excluding carboxylic acids is 3. The molecule has 138 valence electrons. The van der Waals surface area contributed by atoms with Crippen LogP contribution in [-0.2, 0) is 20.9 Å². The maximum atomic E-state index is 12.5. The number of hydrogen-bond donors (Lipinski definition) is 1. The molecule has 0 bridgehead atoms. The van der Waals surface area contributed by atoms with Gasteiger partial charge in [0.25, 0.3) is 0 Å². The summed E-state index contributed by atoms with van der Waals surface area (Å²) in [6.45, 7) is 5.99. The first-order valence-corrected chi connectivity index (χ1v) is 8.16. The van der Waals surface area contributed by atoms with Gasteiger partial charge in [0.15, 0.2) is 0 Å². The summed E-state index contributed by atoms with van der Waals surface area (Å²) in [7, 11) is 3.37. The Morgan fingerprint density at radius 3 is 2.52 bits per heavy atom. The molecule has 0 aliphatic carbocycles. The summed E-state index contributed by atoms with van der Waals surface area (Å²) >= 11 is 0. The van der Waals surface area contributed by atoms with E-state index in [9.17, 15) is 14.4 Å². The second kappa shape index (κ2) is 9.66. The van der Waals surface area contributed by atoms with Gasteiger partial charge in [-0.2, -0.15) is 0 Å². The Hall–Kier alpha value is -2.57. The molecule has 1 atom stereocenters. The van der Waals surface area contributed by atoms with Crippen LogP contribution in [0.1, 0.15) is 26.5 Å². The van der Waals surface area contributed by atoms with Crippen molar-refractivity contribution >= 4 is 18.2 Å². The van der Waals surface area contributed by atoms with Crippen LogP contribution in [0, 0.1) is 5.92 Å². The van der Waals surface area contributed by atoms with E-state index in [0.717, 1.165) is 0 Å². The summed E-state index contributed by atoms with van der Waals surface area (Å²) in [6, 6.07) is 3.34. The zero-order valence-electron chi connectivity index (χ0n) is 15.5. The van der Waals surface area contributed by atoms with Crippen LogP contribution in [0.3, 0.4) is 0 Å². The molecule has 3 amide bonds. The third-order valence-electron chi connectivity index (χ3n) is 3.94.